The Balaban J connectivity index is 2.00. The van der Waals surface area contributed by atoms with Crippen molar-refractivity contribution >= 4 is 15.9 Å². The highest BCUT2D eigenvalue weighted by Crippen LogP contribution is 2.17. The summed E-state index contributed by atoms with van der Waals surface area (Å²) in [6.07, 6.45) is 0.883. The average Bonchev–Trinajstić information content (AvgIpc) is 2.24. The molecule has 1 aliphatic heterocycles. The van der Waals surface area contributed by atoms with E-state index >= 15 is 0 Å². The molecule has 1 aromatic carbocycles. The lowest BCUT2D eigenvalue weighted by Gasteiger charge is -2.31. The second-order valence-electron chi connectivity index (χ2n) is 4.37. The summed E-state index contributed by atoms with van der Waals surface area (Å²) < 4.78 is 13.9. The fourth-order valence-corrected chi connectivity index (χ4v) is 2.33. The maximum absolute atomic E-state index is 13.3. The van der Waals surface area contributed by atoms with Crippen LogP contribution in [0.3, 0.4) is 0 Å². The van der Waals surface area contributed by atoms with Crippen LogP contribution in [0.2, 0.25) is 0 Å². The van der Waals surface area contributed by atoms with Gasteiger partial charge < -0.3 is 10.2 Å². The molecule has 1 atom stereocenters. The highest BCUT2D eigenvalue weighted by atomic mass is 79.9. The van der Waals surface area contributed by atoms with Crippen molar-refractivity contribution in [1.82, 2.24) is 10.2 Å². The molecule has 0 aromatic heterocycles. The summed E-state index contributed by atoms with van der Waals surface area (Å²) in [5.41, 5.74) is 1.05. The number of benzene rings is 1. The molecule has 1 N–H and O–H groups in total. The molecular weight excluding hydrogens is 271 g/mol. The number of rotatable bonds is 2. The van der Waals surface area contributed by atoms with E-state index in [0.717, 1.165) is 31.6 Å². The maximum atomic E-state index is 13.3. The van der Waals surface area contributed by atoms with Crippen molar-refractivity contribution in [3.05, 3.63) is 34.1 Å². The molecule has 0 aliphatic carbocycles. The number of halogens is 2. The van der Waals surface area contributed by atoms with Crippen molar-refractivity contribution in [2.75, 3.05) is 26.7 Å². The van der Waals surface area contributed by atoms with E-state index < -0.39 is 0 Å². The summed E-state index contributed by atoms with van der Waals surface area (Å²) in [6, 6.07) is 5.79. The van der Waals surface area contributed by atoms with Gasteiger partial charge in [0, 0.05) is 25.7 Å². The van der Waals surface area contributed by atoms with Crippen molar-refractivity contribution in [2.45, 2.75) is 12.5 Å². The number of nitrogens with zero attached hydrogens (tertiary/aromatic N) is 1. The first-order valence-corrected chi connectivity index (χ1v) is 6.30. The zero-order chi connectivity index (χ0) is 11.5. The highest BCUT2D eigenvalue weighted by Gasteiger charge is 2.16. The summed E-state index contributed by atoms with van der Waals surface area (Å²) in [5, 5.41) is 3.46. The normalized spacial score (nSPS) is 22.3. The van der Waals surface area contributed by atoms with Gasteiger partial charge in [0.1, 0.15) is 5.82 Å². The molecule has 0 amide bonds. The SMILES string of the molecule is CN1CCNC(Cc2ccc(Br)c(F)c2)C1. The van der Waals surface area contributed by atoms with Crippen LogP contribution in [0.5, 0.6) is 0 Å². The third kappa shape index (κ3) is 3.03. The van der Waals surface area contributed by atoms with E-state index in [9.17, 15) is 4.39 Å². The second kappa shape index (κ2) is 5.25. The van der Waals surface area contributed by atoms with Crippen LogP contribution in [-0.2, 0) is 6.42 Å². The van der Waals surface area contributed by atoms with Gasteiger partial charge in [0.25, 0.3) is 0 Å². The van der Waals surface area contributed by atoms with Crippen LogP contribution < -0.4 is 5.32 Å². The number of hydrogen-bond acceptors (Lipinski definition) is 2. The summed E-state index contributed by atoms with van der Waals surface area (Å²) in [7, 11) is 2.12. The minimum atomic E-state index is -0.179. The maximum Gasteiger partial charge on any atom is 0.137 e. The quantitative estimate of drug-likeness (QED) is 0.895. The van der Waals surface area contributed by atoms with Gasteiger partial charge in [-0.3, -0.25) is 0 Å². The van der Waals surface area contributed by atoms with E-state index in [1.165, 1.54) is 0 Å². The molecule has 1 aliphatic rings. The van der Waals surface area contributed by atoms with Crippen LogP contribution in [0.15, 0.2) is 22.7 Å². The molecular formula is C12H16BrFN2. The van der Waals surface area contributed by atoms with Crippen molar-refractivity contribution in [3.63, 3.8) is 0 Å². The van der Waals surface area contributed by atoms with E-state index in [1.807, 2.05) is 6.07 Å². The fraction of sp³-hybridized carbons (Fsp3) is 0.500. The topological polar surface area (TPSA) is 15.3 Å². The minimum absolute atomic E-state index is 0.179. The second-order valence-corrected chi connectivity index (χ2v) is 5.22. The van der Waals surface area contributed by atoms with E-state index in [2.05, 4.69) is 33.2 Å². The van der Waals surface area contributed by atoms with Gasteiger partial charge in [-0.25, -0.2) is 4.39 Å². The molecule has 1 unspecified atom stereocenters. The summed E-state index contributed by atoms with van der Waals surface area (Å²) in [5.74, 6) is -0.179. The molecule has 1 saturated heterocycles. The van der Waals surface area contributed by atoms with Crippen molar-refractivity contribution in [1.29, 1.82) is 0 Å². The Hall–Kier alpha value is -0.450. The lowest BCUT2D eigenvalue weighted by atomic mass is 10.0. The van der Waals surface area contributed by atoms with Crippen LogP contribution in [0.1, 0.15) is 5.56 Å². The first kappa shape index (κ1) is 12.0. The number of piperazine rings is 1. The molecule has 0 radical (unpaired) electrons. The lowest BCUT2D eigenvalue weighted by Crippen LogP contribution is -2.49. The molecule has 2 rings (SSSR count). The number of nitrogens with one attached hydrogen (secondary N) is 1. The van der Waals surface area contributed by atoms with E-state index in [4.69, 9.17) is 0 Å². The van der Waals surface area contributed by atoms with E-state index in [1.54, 1.807) is 12.1 Å². The molecule has 2 nitrogen and oxygen atoms in total. The van der Waals surface area contributed by atoms with Gasteiger partial charge in [-0.05, 0) is 47.1 Å². The lowest BCUT2D eigenvalue weighted by molar-refractivity contribution is 0.238. The molecule has 0 spiro atoms. The average molecular weight is 287 g/mol. The van der Waals surface area contributed by atoms with Crippen LogP contribution in [-0.4, -0.2) is 37.6 Å². The zero-order valence-corrected chi connectivity index (χ0v) is 10.9. The molecule has 88 valence electrons. The van der Waals surface area contributed by atoms with Gasteiger partial charge in [0.15, 0.2) is 0 Å². The zero-order valence-electron chi connectivity index (χ0n) is 9.34. The molecule has 1 heterocycles. The Morgan fingerprint density at radius 1 is 1.56 bits per heavy atom. The van der Waals surface area contributed by atoms with Gasteiger partial charge in [-0.15, -0.1) is 0 Å². The van der Waals surface area contributed by atoms with E-state index in [-0.39, 0.29) is 5.82 Å². The first-order valence-electron chi connectivity index (χ1n) is 5.51. The largest absolute Gasteiger partial charge is 0.311 e. The van der Waals surface area contributed by atoms with Gasteiger partial charge in [-0.2, -0.15) is 0 Å². The van der Waals surface area contributed by atoms with Crippen LogP contribution in [0.25, 0.3) is 0 Å². The van der Waals surface area contributed by atoms with Gasteiger partial charge in [0.05, 0.1) is 4.47 Å². The number of likely N-dealkylation sites (N-methyl/N-ethyl adjacent to an activating group) is 1. The standard InChI is InChI=1S/C12H16BrFN2/c1-16-5-4-15-10(8-16)6-9-2-3-11(13)12(14)7-9/h2-3,7,10,15H,4-6,8H2,1H3. The van der Waals surface area contributed by atoms with Crippen molar-refractivity contribution in [2.24, 2.45) is 0 Å². The van der Waals surface area contributed by atoms with Gasteiger partial charge in [0.2, 0.25) is 0 Å². The molecule has 4 heteroatoms. The third-order valence-corrected chi connectivity index (χ3v) is 3.57. The molecule has 1 fully saturated rings. The highest BCUT2D eigenvalue weighted by molar-refractivity contribution is 9.10. The van der Waals surface area contributed by atoms with Crippen molar-refractivity contribution < 1.29 is 4.39 Å². The number of hydrogen-bond donors (Lipinski definition) is 1. The summed E-state index contributed by atoms with van der Waals surface area (Å²) in [6.45, 7) is 3.13. The van der Waals surface area contributed by atoms with Crippen LogP contribution >= 0.6 is 15.9 Å². The smallest absolute Gasteiger partial charge is 0.137 e. The molecule has 0 saturated carbocycles. The first-order chi connectivity index (χ1) is 7.65. The fourth-order valence-electron chi connectivity index (χ4n) is 2.08. The van der Waals surface area contributed by atoms with Gasteiger partial charge in [-0.1, -0.05) is 6.07 Å². The Morgan fingerprint density at radius 2 is 2.38 bits per heavy atom. The van der Waals surface area contributed by atoms with Crippen LogP contribution in [0, 0.1) is 5.82 Å². The third-order valence-electron chi connectivity index (χ3n) is 2.92. The Labute approximate surface area is 104 Å². The molecule has 16 heavy (non-hydrogen) atoms. The van der Waals surface area contributed by atoms with E-state index in [0.29, 0.717) is 10.5 Å². The van der Waals surface area contributed by atoms with Gasteiger partial charge >= 0.3 is 0 Å². The van der Waals surface area contributed by atoms with Crippen molar-refractivity contribution in [3.8, 4) is 0 Å². The molecule has 1 aromatic rings. The summed E-state index contributed by atoms with van der Waals surface area (Å²) in [4.78, 5) is 2.30. The Bertz CT molecular complexity index is 370. The predicted molar refractivity (Wildman–Crippen MR) is 67.1 cm³/mol. The predicted octanol–water partition coefficient (Wildman–Crippen LogP) is 2.03. The monoisotopic (exact) mass is 286 g/mol. The minimum Gasteiger partial charge on any atom is -0.311 e. The Morgan fingerprint density at radius 3 is 3.06 bits per heavy atom. The Kier molecular flexibility index (Phi) is 3.95. The molecule has 0 bridgehead atoms. The van der Waals surface area contributed by atoms with Crippen LogP contribution in [0.4, 0.5) is 4.39 Å². The summed E-state index contributed by atoms with van der Waals surface area (Å²) >= 11 is 3.17.